The average molecular weight is 182 g/mol. The molecule has 2 heterocycles. The maximum atomic E-state index is 10.6. The van der Waals surface area contributed by atoms with Gasteiger partial charge in [0.2, 0.25) is 0 Å². The molecule has 2 aliphatic heterocycles. The molecular weight excluding hydrogens is 172 g/mol. The van der Waals surface area contributed by atoms with Crippen LogP contribution in [-0.2, 0) is 19.1 Å². The lowest BCUT2D eigenvalue weighted by molar-refractivity contribution is -0.113. The van der Waals surface area contributed by atoms with E-state index in [4.69, 9.17) is 9.47 Å². The van der Waals surface area contributed by atoms with Gasteiger partial charge in [-0.2, -0.15) is 0 Å². The first-order valence-electron chi connectivity index (χ1n) is 4.26. The molecule has 13 heavy (non-hydrogen) atoms. The van der Waals surface area contributed by atoms with Crippen molar-refractivity contribution >= 4 is 12.2 Å². The van der Waals surface area contributed by atoms with Crippen molar-refractivity contribution < 1.29 is 19.1 Å². The summed E-state index contributed by atoms with van der Waals surface area (Å²) in [5.74, 6) is 1.53. The highest BCUT2D eigenvalue weighted by Crippen LogP contribution is 2.33. The maximum absolute atomic E-state index is 10.6. The van der Waals surface area contributed by atoms with Gasteiger partial charge in [0.05, 0.1) is 31.3 Å². The second kappa shape index (κ2) is 3.42. The first-order valence-corrected chi connectivity index (χ1v) is 4.26. The van der Waals surface area contributed by atoms with Crippen LogP contribution in [0.15, 0.2) is 6.08 Å². The topological polar surface area (TPSA) is 52.6 Å². The van der Waals surface area contributed by atoms with Crippen molar-refractivity contribution in [1.29, 1.82) is 0 Å². The van der Waals surface area contributed by atoms with Gasteiger partial charge in [0.25, 0.3) is 0 Å². The number of hydrogen-bond acceptors (Lipinski definition) is 4. The van der Waals surface area contributed by atoms with Crippen molar-refractivity contribution in [3.05, 3.63) is 6.08 Å². The van der Waals surface area contributed by atoms with E-state index >= 15 is 0 Å². The molecule has 4 nitrogen and oxygen atoms in total. The Morgan fingerprint density at radius 1 is 1.15 bits per heavy atom. The normalized spacial score (nSPS) is 42.5. The van der Waals surface area contributed by atoms with E-state index in [0.29, 0.717) is 13.2 Å². The summed E-state index contributed by atoms with van der Waals surface area (Å²) in [6.45, 7) is 0.858. The van der Waals surface area contributed by atoms with E-state index in [0.717, 1.165) is 6.29 Å². The van der Waals surface area contributed by atoms with E-state index in [1.54, 1.807) is 5.94 Å². The monoisotopic (exact) mass is 182 g/mol. The molecule has 0 amide bonds. The van der Waals surface area contributed by atoms with Crippen LogP contribution in [0.25, 0.3) is 0 Å². The molecule has 0 spiro atoms. The van der Waals surface area contributed by atoms with Crippen LogP contribution in [0.3, 0.4) is 0 Å². The van der Waals surface area contributed by atoms with Crippen LogP contribution >= 0.6 is 0 Å². The van der Waals surface area contributed by atoms with E-state index in [1.807, 2.05) is 0 Å². The van der Waals surface area contributed by atoms with Gasteiger partial charge in [0.1, 0.15) is 12.2 Å². The summed E-state index contributed by atoms with van der Waals surface area (Å²) in [7, 11) is 0. The van der Waals surface area contributed by atoms with E-state index in [1.165, 1.54) is 6.08 Å². The predicted octanol–water partition coefficient (Wildman–Crippen LogP) is -0.397. The van der Waals surface area contributed by atoms with Crippen LogP contribution in [0.2, 0.25) is 0 Å². The zero-order valence-corrected chi connectivity index (χ0v) is 7.01. The average Bonchev–Trinajstić information content (AvgIpc) is 2.68. The molecule has 3 unspecified atom stereocenters. The summed E-state index contributed by atoms with van der Waals surface area (Å²) in [6, 6.07) is 0. The first-order chi connectivity index (χ1) is 6.36. The molecule has 4 atom stereocenters. The van der Waals surface area contributed by atoms with Crippen molar-refractivity contribution in [2.45, 2.75) is 12.2 Å². The molecular formula is C9H10O4. The highest BCUT2D eigenvalue weighted by Gasteiger charge is 2.46. The fourth-order valence-electron chi connectivity index (χ4n) is 1.91. The summed E-state index contributed by atoms with van der Waals surface area (Å²) in [5, 5.41) is 0. The van der Waals surface area contributed by atoms with Crippen LogP contribution in [0.5, 0.6) is 0 Å². The number of aldehydes is 1. The van der Waals surface area contributed by atoms with Crippen LogP contribution in [0.1, 0.15) is 0 Å². The lowest BCUT2D eigenvalue weighted by atomic mass is 9.97. The molecule has 2 aliphatic rings. The van der Waals surface area contributed by atoms with Crippen molar-refractivity contribution in [3.63, 3.8) is 0 Å². The van der Waals surface area contributed by atoms with Gasteiger partial charge in [-0.3, -0.25) is 0 Å². The summed E-state index contributed by atoms with van der Waals surface area (Å²) in [5.41, 5.74) is 0. The Bertz CT molecular complexity index is 256. The Balaban J connectivity index is 2.10. The Hall–Kier alpha value is -0.960. The standard InChI is InChI=1S/C9H10O4/c10-2-1-6-4-12-9-7(3-11)5-13-8(6)9/h1,3,6-9H,4-5H2/t6?,7-,8?,9?/m0/s1. The zero-order chi connectivity index (χ0) is 9.26. The maximum Gasteiger partial charge on any atom is 0.128 e. The van der Waals surface area contributed by atoms with E-state index < -0.39 is 0 Å². The minimum absolute atomic E-state index is 0.0348. The molecule has 2 fully saturated rings. The molecule has 4 heteroatoms. The summed E-state index contributed by atoms with van der Waals surface area (Å²) >= 11 is 0. The number of carbonyl (C=O) groups excluding carboxylic acids is 2. The van der Waals surface area contributed by atoms with Crippen LogP contribution in [0.4, 0.5) is 0 Å². The lowest BCUT2D eigenvalue weighted by Gasteiger charge is -2.10. The van der Waals surface area contributed by atoms with Crippen molar-refractivity contribution in [1.82, 2.24) is 0 Å². The summed E-state index contributed by atoms with van der Waals surface area (Å²) < 4.78 is 10.8. The fourth-order valence-corrected chi connectivity index (χ4v) is 1.91. The van der Waals surface area contributed by atoms with Crippen LogP contribution < -0.4 is 0 Å². The second-order valence-corrected chi connectivity index (χ2v) is 3.34. The molecule has 0 radical (unpaired) electrons. The van der Waals surface area contributed by atoms with Gasteiger partial charge in [-0.05, 0) is 0 Å². The van der Waals surface area contributed by atoms with Gasteiger partial charge in [-0.1, -0.05) is 0 Å². The van der Waals surface area contributed by atoms with Crippen molar-refractivity contribution in [2.75, 3.05) is 13.2 Å². The van der Waals surface area contributed by atoms with Gasteiger partial charge < -0.3 is 14.3 Å². The number of fused-ring (bicyclic) bond motifs is 1. The highest BCUT2D eigenvalue weighted by atomic mass is 16.6. The minimum atomic E-state index is -0.171. The van der Waals surface area contributed by atoms with Crippen LogP contribution in [-0.4, -0.2) is 37.6 Å². The molecule has 0 aliphatic carbocycles. The Morgan fingerprint density at radius 2 is 1.77 bits per heavy atom. The Kier molecular flexibility index (Phi) is 2.27. The van der Waals surface area contributed by atoms with E-state index in [-0.39, 0.29) is 24.0 Å². The SMILES string of the molecule is O=C=CC1COC2C1OC[C@@H]2C=O. The van der Waals surface area contributed by atoms with E-state index in [2.05, 4.69) is 0 Å². The molecule has 0 aromatic heterocycles. The van der Waals surface area contributed by atoms with Gasteiger partial charge in [0.15, 0.2) is 0 Å². The van der Waals surface area contributed by atoms with Crippen molar-refractivity contribution in [3.8, 4) is 0 Å². The molecule has 70 valence electrons. The summed E-state index contributed by atoms with van der Waals surface area (Å²) in [6.07, 6.45) is 1.99. The number of hydrogen-bond donors (Lipinski definition) is 0. The summed E-state index contributed by atoms with van der Waals surface area (Å²) in [4.78, 5) is 20.7. The van der Waals surface area contributed by atoms with Gasteiger partial charge in [0, 0.05) is 12.0 Å². The number of carbonyl (C=O) groups is 1. The first kappa shape index (κ1) is 8.63. The van der Waals surface area contributed by atoms with Gasteiger partial charge in [-0.15, -0.1) is 0 Å². The molecule has 2 rings (SSSR count). The third-order valence-corrected chi connectivity index (χ3v) is 2.59. The van der Waals surface area contributed by atoms with Gasteiger partial charge >= 0.3 is 0 Å². The molecule has 0 N–H and O–H groups in total. The molecule has 0 bridgehead atoms. The highest BCUT2D eigenvalue weighted by molar-refractivity contribution is 5.56. The smallest absolute Gasteiger partial charge is 0.128 e. The quantitative estimate of drug-likeness (QED) is 0.431. The molecule has 2 saturated heterocycles. The fraction of sp³-hybridized carbons (Fsp3) is 0.667. The van der Waals surface area contributed by atoms with Gasteiger partial charge in [-0.25, -0.2) is 4.79 Å². The third kappa shape index (κ3) is 1.33. The third-order valence-electron chi connectivity index (χ3n) is 2.59. The number of ether oxygens (including phenoxy) is 2. The second-order valence-electron chi connectivity index (χ2n) is 3.34. The Labute approximate surface area is 75.5 Å². The predicted molar refractivity (Wildman–Crippen MR) is 42.8 cm³/mol. The zero-order valence-electron chi connectivity index (χ0n) is 7.01. The van der Waals surface area contributed by atoms with Crippen molar-refractivity contribution in [2.24, 2.45) is 11.8 Å². The lowest BCUT2D eigenvalue weighted by Crippen LogP contribution is -2.25. The molecule has 0 saturated carbocycles. The van der Waals surface area contributed by atoms with Crippen LogP contribution in [0, 0.1) is 11.8 Å². The molecule has 0 aromatic rings. The molecule has 0 aromatic carbocycles. The minimum Gasteiger partial charge on any atom is -0.374 e. The Morgan fingerprint density at radius 3 is 2.38 bits per heavy atom. The van der Waals surface area contributed by atoms with E-state index in [9.17, 15) is 9.59 Å². The number of rotatable bonds is 2. The largest absolute Gasteiger partial charge is 0.374 e.